The number of rotatable bonds is 4. The van der Waals surface area contributed by atoms with Crippen molar-refractivity contribution in [3.8, 4) is 5.75 Å². The van der Waals surface area contributed by atoms with Gasteiger partial charge in [0.15, 0.2) is 0 Å². The summed E-state index contributed by atoms with van der Waals surface area (Å²) in [6, 6.07) is 5.62. The van der Waals surface area contributed by atoms with Gasteiger partial charge in [-0.25, -0.2) is 0 Å². The summed E-state index contributed by atoms with van der Waals surface area (Å²) in [5.41, 5.74) is 9.01. The Morgan fingerprint density at radius 3 is 2.75 bits per heavy atom. The van der Waals surface area contributed by atoms with Crippen molar-refractivity contribution in [3.63, 3.8) is 0 Å². The van der Waals surface area contributed by atoms with E-state index >= 15 is 0 Å². The second kappa shape index (κ2) is 6.16. The van der Waals surface area contributed by atoms with Gasteiger partial charge in [0.2, 0.25) is 0 Å². The topological polar surface area (TPSA) is 53.1 Å². The molecule has 0 radical (unpaired) electrons. The number of methoxy groups -OCH3 is 1. The fraction of sp³-hybridized carbons (Fsp3) is 0.357. The number of aryl methyl sites for hydroxylation is 2. The molecule has 1 heterocycles. The summed E-state index contributed by atoms with van der Waals surface area (Å²) in [5, 5.41) is 4.98. The zero-order chi connectivity index (χ0) is 14.9. The van der Waals surface area contributed by atoms with E-state index in [9.17, 15) is 0 Å². The molecule has 1 aromatic carbocycles. The second-order valence-electron chi connectivity index (χ2n) is 4.67. The summed E-state index contributed by atoms with van der Waals surface area (Å²) >= 11 is 9.69. The van der Waals surface area contributed by atoms with Crippen LogP contribution in [0.1, 0.15) is 23.0 Å². The van der Waals surface area contributed by atoms with Crippen LogP contribution in [0.3, 0.4) is 0 Å². The zero-order valence-corrected chi connectivity index (χ0v) is 14.0. The zero-order valence-electron chi connectivity index (χ0n) is 11.7. The summed E-state index contributed by atoms with van der Waals surface area (Å²) in [5.74, 6) is 0.766. The molecule has 2 N–H and O–H groups in total. The van der Waals surface area contributed by atoms with Crippen molar-refractivity contribution in [2.75, 3.05) is 7.11 Å². The van der Waals surface area contributed by atoms with E-state index in [4.69, 9.17) is 22.1 Å². The highest BCUT2D eigenvalue weighted by Gasteiger charge is 2.18. The van der Waals surface area contributed by atoms with E-state index in [1.54, 1.807) is 11.8 Å². The van der Waals surface area contributed by atoms with Crippen LogP contribution in [0.2, 0.25) is 5.02 Å². The molecule has 0 amide bonds. The molecule has 0 saturated heterocycles. The van der Waals surface area contributed by atoms with Gasteiger partial charge < -0.3 is 10.5 Å². The molecule has 2 rings (SSSR count). The van der Waals surface area contributed by atoms with Crippen molar-refractivity contribution in [2.45, 2.75) is 19.4 Å². The maximum absolute atomic E-state index is 6.31. The third-order valence-electron chi connectivity index (χ3n) is 3.27. The maximum atomic E-state index is 6.31. The summed E-state index contributed by atoms with van der Waals surface area (Å²) in [7, 11) is 3.51. The number of aromatic nitrogens is 2. The molecular formula is C14H17BrClN3O. The number of hydrogen-bond donors (Lipinski definition) is 1. The Hall–Kier alpha value is -1.04. The van der Waals surface area contributed by atoms with Crippen molar-refractivity contribution < 1.29 is 4.74 Å². The first-order chi connectivity index (χ1) is 9.43. The van der Waals surface area contributed by atoms with Gasteiger partial charge in [0.1, 0.15) is 5.75 Å². The molecule has 0 aliphatic rings. The van der Waals surface area contributed by atoms with E-state index in [1.165, 1.54) is 0 Å². The number of hydrogen-bond acceptors (Lipinski definition) is 3. The molecule has 0 spiro atoms. The minimum atomic E-state index is -0.203. The van der Waals surface area contributed by atoms with Crippen LogP contribution in [0.15, 0.2) is 22.7 Å². The molecule has 0 saturated carbocycles. The van der Waals surface area contributed by atoms with Crippen molar-refractivity contribution >= 4 is 27.5 Å². The number of halogens is 2. The van der Waals surface area contributed by atoms with Crippen LogP contribution in [0.25, 0.3) is 0 Å². The van der Waals surface area contributed by atoms with Gasteiger partial charge in [-0.1, -0.05) is 33.6 Å². The molecule has 1 aromatic heterocycles. The Bertz CT molecular complexity index is 627. The molecule has 0 bridgehead atoms. The van der Waals surface area contributed by atoms with Crippen molar-refractivity contribution in [1.29, 1.82) is 0 Å². The standard InChI is InChI=1S/C14H17BrClN3O/c1-8-14(16)12(19(2)18-8)7-11(17)10-5-4-9(15)6-13(10)20-3/h4-6,11H,7,17H2,1-3H3. The Morgan fingerprint density at radius 1 is 1.50 bits per heavy atom. The average Bonchev–Trinajstić information content (AvgIpc) is 2.65. The fourth-order valence-electron chi connectivity index (χ4n) is 2.21. The first-order valence-electron chi connectivity index (χ1n) is 6.21. The molecule has 0 fully saturated rings. The molecular weight excluding hydrogens is 342 g/mol. The summed E-state index contributed by atoms with van der Waals surface area (Å²) in [6.07, 6.45) is 0.605. The Morgan fingerprint density at radius 2 is 2.20 bits per heavy atom. The number of nitrogens with zero attached hydrogens (tertiary/aromatic N) is 2. The normalized spacial score (nSPS) is 12.5. The van der Waals surface area contributed by atoms with Crippen LogP contribution in [-0.2, 0) is 13.5 Å². The third-order valence-corrected chi connectivity index (χ3v) is 4.25. The van der Waals surface area contributed by atoms with Gasteiger partial charge in [-0.3, -0.25) is 4.68 Å². The lowest BCUT2D eigenvalue weighted by atomic mass is 10.0. The second-order valence-corrected chi connectivity index (χ2v) is 5.96. The van der Waals surface area contributed by atoms with E-state index in [0.717, 1.165) is 27.2 Å². The minimum absolute atomic E-state index is 0.203. The Labute approximate surface area is 132 Å². The first-order valence-corrected chi connectivity index (χ1v) is 7.38. The highest BCUT2D eigenvalue weighted by Crippen LogP contribution is 2.31. The van der Waals surface area contributed by atoms with E-state index in [0.29, 0.717) is 11.4 Å². The third kappa shape index (κ3) is 3.00. The molecule has 6 heteroatoms. The fourth-order valence-corrected chi connectivity index (χ4v) is 2.79. The molecule has 2 aromatic rings. The van der Waals surface area contributed by atoms with Gasteiger partial charge in [-0.2, -0.15) is 5.10 Å². The smallest absolute Gasteiger partial charge is 0.124 e. The average molecular weight is 359 g/mol. The van der Waals surface area contributed by atoms with Gasteiger partial charge in [0.05, 0.1) is 23.5 Å². The van der Waals surface area contributed by atoms with Crippen LogP contribution in [0.5, 0.6) is 5.75 Å². The van der Waals surface area contributed by atoms with Crippen LogP contribution < -0.4 is 10.5 Å². The van der Waals surface area contributed by atoms with Gasteiger partial charge >= 0.3 is 0 Å². The van der Waals surface area contributed by atoms with Crippen molar-refractivity contribution in [3.05, 3.63) is 44.6 Å². The molecule has 4 nitrogen and oxygen atoms in total. The lowest BCUT2D eigenvalue weighted by molar-refractivity contribution is 0.404. The minimum Gasteiger partial charge on any atom is -0.496 e. The quantitative estimate of drug-likeness (QED) is 0.911. The molecule has 1 atom stereocenters. The van der Waals surface area contributed by atoms with E-state index in [1.807, 2.05) is 32.2 Å². The van der Waals surface area contributed by atoms with Crippen LogP contribution >= 0.6 is 27.5 Å². The SMILES string of the molecule is COc1cc(Br)ccc1C(N)Cc1c(Cl)c(C)nn1C. The lowest BCUT2D eigenvalue weighted by Crippen LogP contribution is -2.16. The molecule has 0 aliphatic heterocycles. The van der Waals surface area contributed by atoms with Crippen LogP contribution in [0.4, 0.5) is 0 Å². The summed E-state index contributed by atoms with van der Waals surface area (Å²) < 4.78 is 8.12. The van der Waals surface area contributed by atoms with Gasteiger partial charge in [0.25, 0.3) is 0 Å². The number of benzene rings is 1. The first kappa shape index (κ1) is 15.4. The highest BCUT2D eigenvalue weighted by molar-refractivity contribution is 9.10. The van der Waals surface area contributed by atoms with E-state index in [-0.39, 0.29) is 6.04 Å². The maximum Gasteiger partial charge on any atom is 0.124 e. The number of nitrogens with two attached hydrogens (primary N) is 1. The lowest BCUT2D eigenvalue weighted by Gasteiger charge is -2.16. The number of ether oxygens (including phenoxy) is 1. The van der Waals surface area contributed by atoms with Gasteiger partial charge in [-0.15, -0.1) is 0 Å². The van der Waals surface area contributed by atoms with Crippen LogP contribution in [-0.4, -0.2) is 16.9 Å². The highest BCUT2D eigenvalue weighted by atomic mass is 79.9. The van der Waals surface area contributed by atoms with Crippen LogP contribution in [0, 0.1) is 6.92 Å². The molecule has 20 heavy (non-hydrogen) atoms. The Balaban J connectivity index is 2.30. The summed E-state index contributed by atoms with van der Waals surface area (Å²) in [6.45, 7) is 1.89. The largest absolute Gasteiger partial charge is 0.496 e. The molecule has 1 unspecified atom stereocenters. The van der Waals surface area contributed by atoms with E-state index in [2.05, 4.69) is 21.0 Å². The van der Waals surface area contributed by atoms with Gasteiger partial charge in [-0.05, 0) is 19.1 Å². The predicted molar refractivity (Wildman–Crippen MR) is 84.3 cm³/mol. The molecule has 108 valence electrons. The van der Waals surface area contributed by atoms with Crippen molar-refractivity contribution in [1.82, 2.24) is 9.78 Å². The van der Waals surface area contributed by atoms with Gasteiger partial charge in [0, 0.05) is 29.5 Å². The predicted octanol–water partition coefficient (Wildman–Crippen LogP) is 3.40. The molecule has 0 aliphatic carbocycles. The van der Waals surface area contributed by atoms with Crippen molar-refractivity contribution in [2.24, 2.45) is 12.8 Å². The Kier molecular flexibility index (Phi) is 4.73. The summed E-state index contributed by atoms with van der Waals surface area (Å²) in [4.78, 5) is 0. The monoisotopic (exact) mass is 357 g/mol. The van der Waals surface area contributed by atoms with E-state index < -0.39 is 0 Å².